The molecule has 0 heterocycles. The molecule has 15 heavy (non-hydrogen) atoms. The molecule has 0 radical (unpaired) electrons. The predicted octanol–water partition coefficient (Wildman–Crippen LogP) is -0.663. The number of carbonyl (C=O) groups excluding carboxylic acids is 1. The van der Waals surface area contributed by atoms with Crippen molar-refractivity contribution in [3.8, 4) is 0 Å². The van der Waals surface area contributed by atoms with Crippen LogP contribution in [0.4, 0.5) is 0 Å². The highest BCUT2D eigenvalue weighted by molar-refractivity contribution is 7.52. The summed E-state index contributed by atoms with van der Waals surface area (Å²) in [4.78, 5) is 29.0. The summed E-state index contributed by atoms with van der Waals surface area (Å²) in [5.41, 5.74) is 0. The Balaban J connectivity index is 2.46. The van der Waals surface area contributed by atoms with Gasteiger partial charge in [0, 0.05) is 7.05 Å². The molecule has 8 heteroatoms. The van der Waals surface area contributed by atoms with Gasteiger partial charge in [-0.05, 0) is 18.8 Å². The van der Waals surface area contributed by atoms with Crippen LogP contribution in [0.25, 0.3) is 0 Å². The molecule has 0 bridgehead atoms. The van der Waals surface area contributed by atoms with E-state index in [-0.39, 0.29) is 12.5 Å². The molecule has 0 aliphatic heterocycles. The summed E-state index contributed by atoms with van der Waals surface area (Å²) in [7, 11) is -3.06. The number of nitrogens with zero attached hydrogens (tertiary/aromatic N) is 1. The largest absolute Gasteiger partial charge is 0.342 e. The minimum atomic E-state index is -4.22. The number of carbonyl (C=O) groups is 1. The zero-order chi connectivity index (χ0) is 11.6. The fourth-order valence-electron chi connectivity index (χ4n) is 1.28. The third-order valence-corrected chi connectivity index (χ3v) is 3.58. The minimum Gasteiger partial charge on any atom is -0.323 e. The monoisotopic (exact) mass is 238 g/mol. The molecule has 1 aliphatic carbocycles. The van der Waals surface area contributed by atoms with Crippen molar-refractivity contribution in [2.24, 2.45) is 5.92 Å². The highest BCUT2D eigenvalue weighted by Gasteiger charge is 2.42. The number of hydroxylamine groups is 2. The molecule has 1 saturated carbocycles. The fraction of sp³-hybridized carbons (Fsp3) is 0.857. The van der Waals surface area contributed by atoms with Crippen LogP contribution in [0.3, 0.4) is 0 Å². The molecular weight excluding hydrogens is 223 g/mol. The van der Waals surface area contributed by atoms with E-state index in [1.807, 2.05) is 0 Å². The molecule has 1 aliphatic rings. The van der Waals surface area contributed by atoms with E-state index in [0.717, 1.165) is 19.9 Å². The van der Waals surface area contributed by atoms with Crippen molar-refractivity contribution in [1.29, 1.82) is 0 Å². The normalized spacial score (nSPS) is 18.7. The van der Waals surface area contributed by atoms with Gasteiger partial charge >= 0.3 is 7.60 Å². The molecule has 1 unspecified atom stereocenters. The van der Waals surface area contributed by atoms with E-state index in [1.165, 1.54) is 0 Å². The second kappa shape index (κ2) is 4.59. The second-order valence-corrected chi connectivity index (χ2v) is 5.40. The Kier molecular flexibility index (Phi) is 3.86. The van der Waals surface area contributed by atoms with Gasteiger partial charge in [0.1, 0.15) is 5.78 Å². The summed E-state index contributed by atoms with van der Waals surface area (Å²) >= 11 is 0. The maximum absolute atomic E-state index is 11.0. The lowest BCUT2D eigenvalue weighted by atomic mass is 10.4. The van der Waals surface area contributed by atoms with E-state index in [2.05, 4.69) is 5.32 Å². The number of hydrogen-bond donors (Lipinski definition) is 4. The summed E-state index contributed by atoms with van der Waals surface area (Å²) in [6.45, 7) is -0.278. The molecule has 1 rings (SSSR count). The van der Waals surface area contributed by atoms with Crippen molar-refractivity contribution in [3.63, 3.8) is 0 Å². The highest BCUT2D eigenvalue weighted by atomic mass is 31.2. The Morgan fingerprint density at radius 1 is 1.60 bits per heavy atom. The van der Waals surface area contributed by atoms with Crippen LogP contribution in [-0.2, 0) is 9.36 Å². The first kappa shape index (κ1) is 12.6. The first-order chi connectivity index (χ1) is 6.82. The molecular formula is C7H15N2O5P. The van der Waals surface area contributed by atoms with Crippen LogP contribution in [0.1, 0.15) is 12.8 Å². The number of nitrogens with one attached hydrogen (secondary N) is 1. The standard InChI is InChI=1S/C7H15N2O5P/c1-9(11)6(10)4-8-7(5-2-3-5)15(12,13)14/h5,7-8,11H,2-4H2,1H3,(H2,12,13,14). The molecule has 0 aromatic heterocycles. The molecule has 0 aromatic rings. The van der Waals surface area contributed by atoms with Crippen molar-refractivity contribution in [1.82, 2.24) is 10.4 Å². The molecule has 0 spiro atoms. The molecule has 1 atom stereocenters. The minimum absolute atomic E-state index is 0.0670. The van der Waals surface area contributed by atoms with E-state index < -0.39 is 19.3 Å². The molecule has 0 aromatic carbocycles. The number of hydrogen-bond acceptors (Lipinski definition) is 4. The zero-order valence-electron chi connectivity index (χ0n) is 8.33. The van der Waals surface area contributed by atoms with Crippen molar-refractivity contribution >= 4 is 13.5 Å². The highest BCUT2D eigenvalue weighted by Crippen LogP contribution is 2.51. The van der Waals surface area contributed by atoms with Crippen LogP contribution in [0.5, 0.6) is 0 Å². The number of rotatable bonds is 5. The first-order valence-electron chi connectivity index (χ1n) is 4.56. The summed E-state index contributed by atoms with van der Waals surface area (Å²) in [6.07, 6.45) is 1.51. The van der Waals surface area contributed by atoms with Crippen LogP contribution < -0.4 is 5.32 Å². The quantitative estimate of drug-likeness (QED) is 0.287. The predicted molar refractivity (Wildman–Crippen MR) is 51.1 cm³/mol. The van der Waals surface area contributed by atoms with Crippen LogP contribution in [0, 0.1) is 5.92 Å². The van der Waals surface area contributed by atoms with E-state index in [0.29, 0.717) is 5.06 Å². The van der Waals surface area contributed by atoms with Crippen molar-refractivity contribution in [2.75, 3.05) is 13.6 Å². The maximum atomic E-state index is 11.0. The van der Waals surface area contributed by atoms with E-state index in [9.17, 15) is 9.36 Å². The van der Waals surface area contributed by atoms with Gasteiger partial charge in [0.2, 0.25) is 0 Å². The summed E-state index contributed by atoms with van der Waals surface area (Å²) in [6, 6.07) is 0. The van der Waals surface area contributed by atoms with Gasteiger partial charge < -0.3 is 9.79 Å². The summed E-state index contributed by atoms with van der Waals surface area (Å²) in [5, 5.41) is 11.6. The fourth-order valence-corrected chi connectivity index (χ4v) is 2.45. The molecule has 88 valence electrons. The number of likely N-dealkylation sites (N-methyl/N-ethyl adjacent to an activating group) is 1. The Morgan fingerprint density at radius 2 is 2.13 bits per heavy atom. The lowest BCUT2D eigenvalue weighted by Crippen LogP contribution is -2.39. The zero-order valence-corrected chi connectivity index (χ0v) is 9.22. The van der Waals surface area contributed by atoms with Gasteiger partial charge in [-0.1, -0.05) is 0 Å². The van der Waals surface area contributed by atoms with Crippen molar-refractivity contribution in [2.45, 2.75) is 18.6 Å². The van der Waals surface area contributed by atoms with Crippen LogP contribution in [0.15, 0.2) is 0 Å². The van der Waals surface area contributed by atoms with E-state index >= 15 is 0 Å². The Hall–Kier alpha value is -0.460. The van der Waals surface area contributed by atoms with E-state index in [4.69, 9.17) is 15.0 Å². The molecule has 1 fully saturated rings. The van der Waals surface area contributed by atoms with Gasteiger partial charge in [-0.3, -0.25) is 19.9 Å². The Labute approximate surface area is 87.2 Å². The lowest BCUT2D eigenvalue weighted by Gasteiger charge is -2.19. The summed E-state index contributed by atoms with van der Waals surface area (Å²) in [5.74, 6) is -1.67. The van der Waals surface area contributed by atoms with Crippen molar-refractivity contribution < 1.29 is 24.4 Å². The van der Waals surface area contributed by atoms with Crippen LogP contribution >= 0.6 is 7.60 Å². The van der Waals surface area contributed by atoms with Gasteiger partial charge in [0.15, 0.2) is 0 Å². The van der Waals surface area contributed by atoms with E-state index in [1.54, 1.807) is 0 Å². The first-order valence-corrected chi connectivity index (χ1v) is 6.24. The molecule has 7 nitrogen and oxygen atoms in total. The van der Waals surface area contributed by atoms with Gasteiger partial charge in [-0.2, -0.15) is 0 Å². The Morgan fingerprint density at radius 3 is 2.47 bits per heavy atom. The Bertz CT molecular complexity index is 285. The molecule has 0 saturated heterocycles. The van der Waals surface area contributed by atoms with Crippen LogP contribution in [0.2, 0.25) is 0 Å². The topological polar surface area (TPSA) is 110 Å². The third-order valence-electron chi connectivity index (χ3n) is 2.25. The van der Waals surface area contributed by atoms with Crippen LogP contribution in [-0.4, -0.2) is 45.3 Å². The molecule has 4 N–H and O–H groups in total. The smallest absolute Gasteiger partial charge is 0.323 e. The maximum Gasteiger partial charge on any atom is 0.342 e. The van der Waals surface area contributed by atoms with Crippen molar-refractivity contribution in [3.05, 3.63) is 0 Å². The average Bonchev–Trinajstić information content (AvgIpc) is 2.85. The number of amides is 1. The third kappa shape index (κ3) is 3.89. The van der Waals surface area contributed by atoms with Gasteiger partial charge in [-0.15, -0.1) is 0 Å². The molecule has 1 amide bonds. The second-order valence-electron chi connectivity index (χ2n) is 3.67. The SMILES string of the molecule is CN(O)C(=O)CNC(C1CC1)P(=O)(O)O. The van der Waals surface area contributed by atoms with Gasteiger partial charge in [-0.25, -0.2) is 5.06 Å². The average molecular weight is 238 g/mol. The summed E-state index contributed by atoms with van der Waals surface area (Å²) < 4.78 is 11.0. The lowest BCUT2D eigenvalue weighted by molar-refractivity contribution is -0.158. The van der Waals surface area contributed by atoms with Gasteiger partial charge in [0.05, 0.1) is 6.54 Å². The van der Waals surface area contributed by atoms with Gasteiger partial charge in [0.25, 0.3) is 5.91 Å².